The van der Waals surface area contributed by atoms with Gasteiger partial charge in [0.25, 0.3) is 5.91 Å². The standard InChI is InChI=1S/C30H14Cl2N6O2S/c31-17-9-5-15(6-10-17)23-20(13-33)27(36-24-19-3-1-2-4-22(19)35-29(24)39)38-28-26(41-30(38)21(23)14-34)25(40-37-28)16-7-11-18(32)12-8-16/h1-12,23H,(H,35,36,39). The van der Waals surface area contributed by atoms with Gasteiger partial charge in [-0.1, -0.05) is 70.5 Å². The summed E-state index contributed by atoms with van der Waals surface area (Å²) >= 11 is 13.6. The fraction of sp³-hybridized carbons (Fsp3) is 0.0333. The number of rotatable bonds is 3. The number of fused-ring (bicyclic) bond motifs is 4. The van der Waals surface area contributed by atoms with Crippen LogP contribution >= 0.6 is 35.0 Å². The van der Waals surface area contributed by atoms with E-state index in [1.54, 1.807) is 53.4 Å². The number of hydrogen-bond acceptors (Lipinski definition) is 8. The molecule has 0 radical (unpaired) electrons. The van der Waals surface area contributed by atoms with Crippen molar-refractivity contribution in [2.75, 3.05) is 10.2 Å². The molecule has 1 N–H and O–H groups in total. The Labute approximate surface area is 247 Å². The van der Waals surface area contributed by atoms with Crippen LogP contribution in [0, 0.1) is 22.7 Å². The van der Waals surface area contributed by atoms with E-state index in [4.69, 9.17) is 32.7 Å². The van der Waals surface area contributed by atoms with Crippen LogP contribution < -0.4 is 10.2 Å². The number of aromatic nitrogens is 1. The molecule has 0 spiro atoms. The Hall–Kier alpha value is -4.80. The highest BCUT2D eigenvalue weighted by atomic mass is 35.5. The van der Waals surface area contributed by atoms with E-state index in [0.29, 0.717) is 53.9 Å². The maximum atomic E-state index is 13.1. The van der Waals surface area contributed by atoms with Gasteiger partial charge in [-0.3, -0.25) is 9.69 Å². The monoisotopic (exact) mass is 592 g/mol. The number of benzene rings is 3. The first kappa shape index (κ1) is 25.2. The predicted molar refractivity (Wildman–Crippen MR) is 156 cm³/mol. The summed E-state index contributed by atoms with van der Waals surface area (Å²) in [6.07, 6.45) is 0. The van der Waals surface area contributed by atoms with Crippen molar-refractivity contribution in [2.24, 2.45) is 4.99 Å². The van der Waals surface area contributed by atoms with Gasteiger partial charge in [-0.25, -0.2) is 4.99 Å². The summed E-state index contributed by atoms with van der Waals surface area (Å²) in [5.41, 5.74) is 3.33. The van der Waals surface area contributed by atoms with Crippen molar-refractivity contribution in [3.63, 3.8) is 0 Å². The molecule has 3 aromatic carbocycles. The van der Waals surface area contributed by atoms with E-state index in [9.17, 15) is 15.3 Å². The largest absolute Gasteiger partial charge is 0.353 e. The molecule has 0 fully saturated rings. The molecule has 7 rings (SSSR count). The van der Waals surface area contributed by atoms with E-state index in [-0.39, 0.29) is 17.1 Å². The first-order valence-electron chi connectivity index (χ1n) is 12.3. The Morgan fingerprint density at radius 3 is 2.34 bits per heavy atom. The van der Waals surface area contributed by atoms with Crippen LogP contribution in [-0.4, -0.2) is 16.8 Å². The van der Waals surface area contributed by atoms with Crippen LogP contribution in [0.4, 0.5) is 11.5 Å². The average molecular weight is 593 g/mol. The third kappa shape index (κ3) is 3.94. The van der Waals surface area contributed by atoms with Crippen LogP contribution in [0.15, 0.2) is 109 Å². The number of amides is 1. The normalized spacial score (nSPS) is 18.1. The Morgan fingerprint density at radius 2 is 1.63 bits per heavy atom. The van der Waals surface area contributed by atoms with Gasteiger partial charge in [0.1, 0.15) is 15.6 Å². The summed E-state index contributed by atoms with van der Waals surface area (Å²) in [4.78, 5) is 20.2. The number of thioether (sulfide) groups is 1. The smallest absolute Gasteiger partial charge is 0.275 e. The third-order valence-corrected chi connectivity index (χ3v) is 8.59. The minimum Gasteiger partial charge on any atom is -0.353 e. The van der Waals surface area contributed by atoms with Gasteiger partial charge in [0, 0.05) is 21.2 Å². The minimum atomic E-state index is -0.750. The second kappa shape index (κ2) is 9.69. The number of nitriles is 2. The molecule has 1 aromatic heterocycles. The number of nitrogens with one attached hydrogen (secondary N) is 1. The van der Waals surface area contributed by atoms with E-state index in [1.165, 1.54) is 11.8 Å². The molecule has 3 aliphatic rings. The number of anilines is 2. The van der Waals surface area contributed by atoms with Crippen molar-refractivity contribution in [3.05, 3.63) is 116 Å². The zero-order valence-electron chi connectivity index (χ0n) is 20.7. The van der Waals surface area contributed by atoms with Gasteiger partial charge in [0.05, 0.1) is 34.9 Å². The van der Waals surface area contributed by atoms with Gasteiger partial charge in [0.2, 0.25) is 0 Å². The molecule has 4 heterocycles. The zero-order chi connectivity index (χ0) is 28.2. The molecular weight excluding hydrogens is 579 g/mol. The van der Waals surface area contributed by atoms with Crippen molar-refractivity contribution < 1.29 is 9.32 Å². The molecule has 3 aliphatic heterocycles. The maximum absolute atomic E-state index is 13.1. The Balaban J connectivity index is 1.49. The molecule has 0 saturated heterocycles. The fourth-order valence-corrected chi connectivity index (χ4v) is 6.52. The van der Waals surface area contributed by atoms with E-state index >= 15 is 0 Å². The highest BCUT2D eigenvalue weighted by molar-refractivity contribution is 8.04. The number of halogens is 2. The SMILES string of the molecule is N#CC1=C(/N=C2\C(=O)Nc3ccccc32)N2C(=C(C#N)C1c1ccc(Cl)cc1)Sc1c2noc1-c1ccc(Cl)cc1. The average Bonchev–Trinajstić information content (AvgIpc) is 3.65. The molecule has 8 nitrogen and oxygen atoms in total. The summed E-state index contributed by atoms with van der Waals surface area (Å²) in [6.45, 7) is 0. The summed E-state index contributed by atoms with van der Waals surface area (Å²) < 4.78 is 5.76. The van der Waals surface area contributed by atoms with Gasteiger partial charge in [-0.2, -0.15) is 10.5 Å². The van der Waals surface area contributed by atoms with Gasteiger partial charge < -0.3 is 9.84 Å². The lowest BCUT2D eigenvalue weighted by atomic mass is 9.83. The lowest BCUT2D eigenvalue weighted by Gasteiger charge is -2.30. The number of carbonyl (C=O) groups is 1. The molecule has 1 amide bonds. The van der Waals surface area contributed by atoms with Crippen LogP contribution in [0.5, 0.6) is 0 Å². The van der Waals surface area contributed by atoms with Crippen LogP contribution in [0.1, 0.15) is 17.0 Å². The first-order valence-corrected chi connectivity index (χ1v) is 13.8. The second-order valence-corrected chi connectivity index (χ2v) is 11.1. The van der Waals surface area contributed by atoms with E-state index in [0.717, 1.165) is 5.56 Å². The summed E-state index contributed by atoms with van der Waals surface area (Å²) in [5, 5.41) is 29.8. The van der Waals surface area contributed by atoms with Gasteiger partial charge >= 0.3 is 0 Å². The van der Waals surface area contributed by atoms with E-state index in [2.05, 4.69) is 22.6 Å². The van der Waals surface area contributed by atoms with Gasteiger partial charge in [-0.15, -0.1) is 0 Å². The molecule has 0 aliphatic carbocycles. The van der Waals surface area contributed by atoms with Crippen molar-refractivity contribution >= 4 is 58.1 Å². The van der Waals surface area contributed by atoms with Gasteiger partial charge in [0.15, 0.2) is 17.4 Å². The molecule has 41 heavy (non-hydrogen) atoms. The molecular formula is C30H14Cl2N6O2S. The number of allylic oxidation sites excluding steroid dienone is 2. The van der Waals surface area contributed by atoms with Crippen molar-refractivity contribution in [1.29, 1.82) is 10.5 Å². The molecule has 11 heteroatoms. The van der Waals surface area contributed by atoms with Crippen molar-refractivity contribution in [3.8, 4) is 23.5 Å². The second-order valence-electron chi connectivity index (χ2n) is 9.23. The van der Waals surface area contributed by atoms with Crippen LogP contribution in [0.3, 0.4) is 0 Å². The van der Waals surface area contributed by atoms with Crippen LogP contribution in [-0.2, 0) is 4.79 Å². The maximum Gasteiger partial charge on any atom is 0.275 e. The zero-order valence-corrected chi connectivity index (χ0v) is 23.1. The first-order chi connectivity index (χ1) is 20.0. The Bertz CT molecular complexity index is 1960. The van der Waals surface area contributed by atoms with Crippen LogP contribution in [0.2, 0.25) is 10.0 Å². The summed E-state index contributed by atoms with van der Waals surface area (Å²) in [6, 6.07) is 25.9. The lowest BCUT2D eigenvalue weighted by Crippen LogP contribution is -2.29. The molecule has 1 atom stereocenters. The Morgan fingerprint density at radius 1 is 0.951 bits per heavy atom. The highest BCUT2D eigenvalue weighted by Gasteiger charge is 2.45. The number of nitrogens with zero attached hydrogens (tertiary/aromatic N) is 5. The van der Waals surface area contributed by atoms with Crippen LogP contribution in [0.25, 0.3) is 11.3 Å². The predicted octanol–water partition coefficient (Wildman–Crippen LogP) is 7.27. The molecule has 4 aromatic rings. The molecule has 1 unspecified atom stereocenters. The summed E-state index contributed by atoms with van der Waals surface area (Å²) in [5.74, 6) is -0.107. The quantitative estimate of drug-likeness (QED) is 0.265. The van der Waals surface area contributed by atoms with Crippen molar-refractivity contribution in [2.45, 2.75) is 10.8 Å². The summed E-state index contributed by atoms with van der Waals surface area (Å²) in [7, 11) is 0. The molecule has 0 bridgehead atoms. The van der Waals surface area contributed by atoms with E-state index in [1.807, 2.05) is 24.3 Å². The number of aliphatic imine (C=N–C) groups is 1. The van der Waals surface area contributed by atoms with Crippen molar-refractivity contribution in [1.82, 2.24) is 5.16 Å². The lowest BCUT2D eigenvalue weighted by molar-refractivity contribution is -0.110. The number of hydrogen-bond donors (Lipinski definition) is 1. The third-order valence-electron chi connectivity index (χ3n) is 6.92. The van der Waals surface area contributed by atoms with Gasteiger partial charge in [-0.05, 0) is 48.0 Å². The van der Waals surface area contributed by atoms with E-state index < -0.39 is 11.8 Å². The number of para-hydroxylation sites is 1. The minimum absolute atomic E-state index is 0.151. The fourth-order valence-electron chi connectivity index (χ4n) is 5.07. The highest BCUT2D eigenvalue weighted by Crippen LogP contribution is 2.57. The topological polar surface area (TPSA) is 118 Å². The molecule has 196 valence electrons. The Kier molecular flexibility index (Phi) is 5.95. The number of carbonyl (C=O) groups excluding carboxylic acids is 1. The molecule has 0 saturated carbocycles.